The zero-order chi connectivity index (χ0) is 7.84. The van der Waals surface area contributed by atoms with Gasteiger partial charge in [-0.05, 0) is 19.3 Å². The van der Waals surface area contributed by atoms with E-state index in [9.17, 15) is 4.79 Å². The second-order valence-electron chi connectivity index (χ2n) is 2.87. The van der Waals surface area contributed by atoms with Crippen LogP contribution in [0.25, 0.3) is 0 Å². The van der Waals surface area contributed by atoms with Gasteiger partial charge in [0.1, 0.15) is 0 Å². The van der Waals surface area contributed by atoms with Gasteiger partial charge >= 0.3 is 0 Å². The Hall–Kier alpha value is -0.610. The molecular weight excluding hydrogens is 160 g/mol. The molecule has 0 amide bonds. The van der Waals surface area contributed by atoms with Gasteiger partial charge in [-0.2, -0.15) is 0 Å². The molecule has 0 fully saturated rings. The first-order chi connectivity index (χ1) is 5.29. The average Bonchev–Trinajstić information content (AvgIpc) is 2.34. The van der Waals surface area contributed by atoms with Gasteiger partial charge in [0.25, 0.3) is 5.56 Å². The Morgan fingerprint density at radius 3 is 3.18 bits per heavy atom. The summed E-state index contributed by atoms with van der Waals surface area (Å²) in [6.07, 6.45) is 3.08. The fraction of sp³-hybridized carbons (Fsp3) is 0.571. The number of aromatic nitrogens is 1. The van der Waals surface area contributed by atoms with Crippen LogP contribution in [0.1, 0.15) is 29.3 Å². The molecule has 1 aromatic heterocycles. The van der Waals surface area contributed by atoms with Crippen LogP contribution < -0.4 is 11.3 Å². The number of nitrogens with one attached hydrogen (secondary N) is 1. The maximum absolute atomic E-state index is 11.1. The summed E-state index contributed by atoms with van der Waals surface area (Å²) in [6.45, 7) is 0. The van der Waals surface area contributed by atoms with E-state index in [0.29, 0.717) is 0 Å². The minimum Gasteiger partial charge on any atom is -0.324 e. The zero-order valence-electron chi connectivity index (χ0n) is 6.09. The number of hydrogen-bond donors (Lipinski definition) is 2. The number of aryl methyl sites for hydroxylation is 1. The number of fused-ring (bicyclic) bond motifs is 1. The summed E-state index contributed by atoms with van der Waals surface area (Å²) in [6, 6.07) is -0.0197. The molecule has 1 heterocycles. The van der Waals surface area contributed by atoms with E-state index in [-0.39, 0.29) is 11.6 Å². The standard InChI is InChI=1S/C7H10N2OS/c8-4-2-1-3-5-6(4)7(10)9-11-5/h4H,1-3,8H2,(H,9,10)/t4-/m0/s1. The molecule has 60 valence electrons. The van der Waals surface area contributed by atoms with Gasteiger partial charge in [0.05, 0.1) is 0 Å². The molecule has 2 rings (SSSR count). The Bertz CT molecular complexity index is 314. The van der Waals surface area contributed by atoms with Crippen LogP contribution in [0.3, 0.4) is 0 Å². The van der Waals surface area contributed by atoms with Crippen molar-refractivity contribution < 1.29 is 0 Å². The summed E-state index contributed by atoms with van der Waals surface area (Å²) in [5.41, 5.74) is 6.64. The number of H-pyrrole nitrogens is 1. The summed E-state index contributed by atoms with van der Waals surface area (Å²) in [5, 5.41) is 0. The van der Waals surface area contributed by atoms with Crippen LogP contribution in [-0.4, -0.2) is 4.37 Å². The van der Waals surface area contributed by atoms with E-state index < -0.39 is 0 Å². The number of rotatable bonds is 0. The van der Waals surface area contributed by atoms with Crippen molar-refractivity contribution in [1.29, 1.82) is 0 Å². The Morgan fingerprint density at radius 2 is 2.45 bits per heavy atom. The van der Waals surface area contributed by atoms with E-state index in [2.05, 4.69) is 4.37 Å². The number of aromatic amines is 1. The van der Waals surface area contributed by atoms with Crippen molar-refractivity contribution in [2.24, 2.45) is 5.73 Å². The molecule has 1 aliphatic rings. The molecule has 3 N–H and O–H groups in total. The molecule has 0 saturated heterocycles. The lowest BCUT2D eigenvalue weighted by molar-refractivity contribution is 0.574. The van der Waals surface area contributed by atoms with Crippen LogP contribution in [0.4, 0.5) is 0 Å². The van der Waals surface area contributed by atoms with Crippen molar-refractivity contribution in [3.05, 3.63) is 20.8 Å². The monoisotopic (exact) mass is 170 g/mol. The van der Waals surface area contributed by atoms with Crippen LogP contribution in [0.15, 0.2) is 4.79 Å². The fourth-order valence-corrected chi connectivity index (χ4v) is 2.46. The first-order valence-corrected chi connectivity index (χ1v) is 4.56. The van der Waals surface area contributed by atoms with Crippen LogP contribution in [-0.2, 0) is 6.42 Å². The smallest absolute Gasteiger partial charge is 0.263 e. The summed E-state index contributed by atoms with van der Waals surface area (Å²) >= 11 is 1.44. The predicted octanol–water partition coefficient (Wildman–Crippen LogP) is 0.772. The molecule has 0 bridgehead atoms. The van der Waals surface area contributed by atoms with Gasteiger partial charge < -0.3 is 5.73 Å². The Morgan fingerprint density at radius 1 is 1.64 bits per heavy atom. The predicted molar refractivity (Wildman–Crippen MR) is 44.8 cm³/mol. The zero-order valence-corrected chi connectivity index (χ0v) is 6.91. The van der Waals surface area contributed by atoms with Crippen molar-refractivity contribution in [2.75, 3.05) is 0 Å². The maximum Gasteiger partial charge on any atom is 0.263 e. The maximum atomic E-state index is 11.1. The largest absolute Gasteiger partial charge is 0.324 e. The normalized spacial score (nSPS) is 23.2. The molecule has 1 aliphatic carbocycles. The van der Waals surface area contributed by atoms with Crippen molar-refractivity contribution in [3.63, 3.8) is 0 Å². The summed E-state index contributed by atoms with van der Waals surface area (Å²) in [7, 11) is 0. The molecule has 0 unspecified atom stereocenters. The molecule has 4 heteroatoms. The lowest BCUT2D eigenvalue weighted by atomic mass is 9.95. The van der Waals surface area contributed by atoms with Crippen molar-refractivity contribution in [2.45, 2.75) is 25.3 Å². The average molecular weight is 170 g/mol. The van der Waals surface area contributed by atoms with Crippen molar-refractivity contribution in [1.82, 2.24) is 4.37 Å². The Balaban J connectivity index is 2.56. The third kappa shape index (κ3) is 1.02. The minimum absolute atomic E-state index is 0.0197. The van der Waals surface area contributed by atoms with Crippen LogP contribution in [0.5, 0.6) is 0 Å². The first kappa shape index (κ1) is 7.06. The number of nitrogens with two attached hydrogens (primary N) is 1. The molecule has 1 atom stereocenters. The van der Waals surface area contributed by atoms with Gasteiger partial charge in [-0.25, -0.2) is 0 Å². The van der Waals surface area contributed by atoms with Gasteiger partial charge in [0.2, 0.25) is 0 Å². The van der Waals surface area contributed by atoms with Gasteiger partial charge in [0, 0.05) is 16.5 Å². The highest BCUT2D eigenvalue weighted by Gasteiger charge is 2.21. The van der Waals surface area contributed by atoms with E-state index in [1.165, 1.54) is 11.5 Å². The van der Waals surface area contributed by atoms with Crippen LogP contribution in [0.2, 0.25) is 0 Å². The van der Waals surface area contributed by atoms with Crippen molar-refractivity contribution >= 4 is 11.5 Å². The van der Waals surface area contributed by atoms with Crippen LogP contribution >= 0.6 is 11.5 Å². The fourth-order valence-electron chi connectivity index (χ4n) is 1.53. The van der Waals surface area contributed by atoms with E-state index in [1.54, 1.807) is 0 Å². The van der Waals surface area contributed by atoms with E-state index in [0.717, 1.165) is 29.7 Å². The lowest BCUT2D eigenvalue weighted by Gasteiger charge is -2.15. The Labute approximate surface area is 68.4 Å². The molecule has 0 spiro atoms. The minimum atomic E-state index is -0.0197. The summed E-state index contributed by atoms with van der Waals surface area (Å²) in [5.74, 6) is 0. The van der Waals surface area contributed by atoms with Crippen LogP contribution in [0, 0.1) is 0 Å². The van der Waals surface area contributed by atoms with Gasteiger partial charge in [-0.1, -0.05) is 11.5 Å². The van der Waals surface area contributed by atoms with Gasteiger partial charge in [-0.3, -0.25) is 9.17 Å². The SMILES string of the molecule is N[C@H]1CCCc2s[nH]c(=O)c21. The molecule has 3 nitrogen and oxygen atoms in total. The summed E-state index contributed by atoms with van der Waals surface area (Å²) < 4.78 is 2.72. The van der Waals surface area contributed by atoms with E-state index in [1.807, 2.05) is 0 Å². The highest BCUT2D eigenvalue weighted by Crippen LogP contribution is 2.26. The Kier molecular flexibility index (Phi) is 1.58. The molecule has 0 aliphatic heterocycles. The molecular formula is C7H10N2OS. The molecule has 11 heavy (non-hydrogen) atoms. The van der Waals surface area contributed by atoms with Gasteiger partial charge in [0.15, 0.2) is 0 Å². The number of hydrogen-bond acceptors (Lipinski definition) is 3. The second-order valence-corrected chi connectivity index (χ2v) is 3.77. The molecule has 0 radical (unpaired) electrons. The third-order valence-corrected chi connectivity index (χ3v) is 3.06. The van der Waals surface area contributed by atoms with E-state index >= 15 is 0 Å². The topological polar surface area (TPSA) is 58.9 Å². The first-order valence-electron chi connectivity index (χ1n) is 3.75. The summed E-state index contributed by atoms with van der Waals surface area (Å²) in [4.78, 5) is 12.3. The quantitative estimate of drug-likeness (QED) is 0.604. The highest BCUT2D eigenvalue weighted by molar-refractivity contribution is 7.05. The molecule has 0 aromatic carbocycles. The second kappa shape index (κ2) is 2.46. The molecule has 0 saturated carbocycles. The highest BCUT2D eigenvalue weighted by atomic mass is 32.1. The van der Waals surface area contributed by atoms with Gasteiger partial charge in [-0.15, -0.1) is 0 Å². The van der Waals surface area contributed by atoms with Crippen molar-refractivity contribution in [3.8, 4) is 0 Å². The third-order valence-electron chi connectivity index (χ3n) is 2.10. The molecule has 1 aromatic rings. The van der Waals surface area contributed by atoms with E-state index in [4.69, 9.17) is 5.73 Å². The lowest BCUT2D eigenvalue weighted by Crippen LogP contribution is -2.22.